The van der Waals surface area contributed by atoms with Crippen molar-refractivity contribution in [2.75, 3.05) is 23.7 Å². The van der Waals surface area contributed by atoms with Gasteiger partial charge in [0.2, 0.25) is 5.91 Å². The van der Waals surface area contributed by atoms with Gasteiger partial charge in [-0.3, -0.25) is 19.9 Å². The van der Waals surface area contributed by atoms with Crippen LogP contribution in [0.2, 0.25) is 0 Å². The predicted octanol–water partition coefficient (Wildman–Crippen LogP) is 5.31. The normalized spacial score (nSPS) is 11.0. The second-order valence-electron chi connectivity index (χ2n) is 10.8. The summed E-state index contributed by atoms with van der Waals surface area (Å²) in [6.45, 7) is 9.73. The van der Waals surface area contributed by atoms with Gasteiger partial charge in [0.25, 0.3) is 5.91 Å². The van der Waals surface area contributed by atoms with Crippen molar-refractivity contribution >= 4 is 29.4 Å². The van der Waals surface area contributed by atoms with Crippen molar-refractivity contribution in [3.05, 3.63) is 89.6 Å². The molecule has 2 aromatic heterocycles. The lowest BCUT2D eigenvalue weighted by Crippen LogP contribution is -2.33. The minimum absolute atomic E-state index is 0.0456. The first-order valence-corrected chi connectivity index (χ1v) is 13.6. The number of ether oxygens (including phenoxy) is 1. The van der Waals surface area contributed by atoms with Crippen LogP contribution >= 0.6 is 0 Å². The molecular formula is C31H34FN7O4. The fraction of sp³-hybridized carbons (Fsp3) is 0.258. The summed E-state index contributed by atoms with van der Waals surface area (Å²) in [5, 5.41) is 15.3. The first kappa shape index (κ1) is 30.7. The highest BCUT2D eigenvalue weighted by Gasteiger charge is 2.22. The van der Waals surface area contributed by atoms with Crippen LogP contribution in [0, 0.1) is 12.7 Å². The molecule has 0 fully saturated rings. The number of carbonyl (C=O) groups excluding carboxylic acids is 3. The molecular weight excluding hydrogens is 553 g/mol. The van der Waals surface area contributed by atoms with Crippen molar-refractivity contribution in [3.63, 3.8) is 0 Å². The Bertz CT molecular complexity index is 1650. The quantitative estimate of drug-likeness (QED) is 0.196. The van der Waals surface area contributed by atoms with Crippen LogP contribution in [0.1, 0.15) is 49.4 Å². The zero-order chi connectivity index (χ0) is 31.1. The van der Waals surface area contributed by atoms with E-state index in [-0.39, 0.29) is 35.2 Å². The minimum atomic E-state index is -0.689. The van der Waals surface area contributed by atoms with Crippen molar-refractivity contribution in [2.45, 2.75) is 40.0 Å². The minimum Gasteiger partial charge on any atom is -0.457 e. The molecule has 0 aliphatic rings. The Hall–Kier alpha value is -5.26. The summed E-state index contributed by atoms with van der Waals surface area (Å²) >= 11 is 0. The summed E-state index contributed by atoms with van der Waals surface area (Å²) in [7, 11) is 0. The fourth-order valence-corrected chi connectivity index (χ4v) is 3.98. The molecule has 0 spiro atoms. The number of halogens is 1. The number of pyridine rings is 1. The van der Waals surface area contributed by atoms with E-state index < -0.39 is 11.8 Å². The Morgan fingerprint density at radius 3 is 2.37 bits per heavy atom. The Kier molecular flexibility index (Phi) is 9.39. The standard InChI is InChI=1S/C31H34FN7O4/c1-19-15-24(11-12-33-19)43-23-9-10-26(25(32)17-23)36-30(42)37-28-18-27(31(3,4)5)38-39(28)22-8-6-7-21(16-22)29(41)35-14-13-34-20(2)40/h6-12,15-18H,13-14H2,1-5H3,(H,34,40)(H,35,41)(H2,36,37,42). The van der Waals surface area contributed by atoms with Crippen LogP contribution in [0.25, 0.3) is 5.69 Å². The van der Waals surface area contributed by atoms with E-state index in [9.17, 15) is 18.8 Å². The molecule has 43 heavy (non-hydrogen) atoms. The van der Waals surface area contributed by atoms with Crippen LogP contribution in [0.4, 0.5) is 20.7 Å². The van der Waals surface area contributed by atoms with Gasteiger partial charge in [0.1, 0.15) is 23.1 Å². The molecule has 2 heterocycles. The van der Waals surface area contributed by atoms with Crippen molar-refractivity contribution in [3.8, 4) is 17.2 Å². The van der Waals surface area contributed by atoms with Gasteiger partial charge < -0.3 is 20.7 Å². The molecule has 2 aromatic carbocycles. The van der Waals surface area contributed by atoms with Crippen LogP contribution in [-0.4, -0.2) is 45.7 Å². The third-order valence-corrected chi connectivity index (χ3v) is 6.15. The van der Waals surface area contributed by atoms with Gasteiger partial charge in [0.05, 0.1) is 17.1 Å². The van der Waals surface area contributed by atoms with E-state index in [0.29, 0.717) is 35.1 Å². The highest BCUT2D eigenvalue weighted by atomic mass is 19.1. The molecule has 12 heteroatoms. The molecule has 0 atom stereocenters. The molecule has 0 radical (unpaired) electrons. The highest BCUT2D eigenvalue weighted by Crippen LogP contribution is 2.28. The van der Waals surface area contributed by atoms with Crippen LogP contribution in [0.15, 0.2) is 66.9 Å². The molecule has 4 amide bonds. The third-order valence-electron chi connectivity index (χ3n) is 6.15. The number of anilines is 2. The zero-order valence-electron chi connectivity index (χ0n) is 24.6. The average Bonchev–Trinajstić information content (AvgIpc) is 3.37. The van der Waals surface area contributed by atoms with Crippen LogP contribution in [-0.2, 0) is 10.2 Å². The summed E-state index contributed by atoms with van der Waals surface area (Å²) in [5.41, 5.74) is 1.94. The maximum atomic E-state index is 14.9. The second kappa shape index (κ2) is 13.1. The Morgan fingerprint density at radius 2 is 1.67 bits per heavy atom. The monoisotopic (exact) mass is 587 g/mol. The molecule has 4 rings (SSSR count). The van der Waals surface area contributed by atoms with Gasteiger partial charge in [-0.1, -0.05) is 26.8 Å². The summed E-state index contributed by atoms with van der Waals surface area (Å²) in [6, 6.07) is 15.3. The zero-order valence-corrected chi connectivity index (χ0v) is 24.6. The number of hydrogen-bond acceptors (Lipinski definition) is 6. The lowest BCUT2D eigenvalue weighted by atomic mass is 9.92. The van der Waals surface area contributed by atoms with Crippen molar-refractivity contribution < 1.29 is 23.5 Å². The number of aromatic nitrogens is 3. The number of nitrogens with one attached hydrogen (secondary N) is 4. The number of nitrogens with zero attached hydrogens (tertiary/aromatic N) is 3. The maximum absolute atomic E-state index is 14.9. The summed E-state index contributed by atoms with van der Waals surface area (Å²) in [5.74, 6) is -0.0949. The highest BCUT2D eigenvalue weighted by molar-refractivity contribution is 5.99. The van der Waals surface area contributed by atoms with E-state index in [4.69, 9.17) is 4.74 Å². The van der Waals surface area contributed by atoms with E-state index in [1.807, 2.05) is 27.7 Å². The first-order valence-electron chi connectivity index (χ1n) is 13.6. The van der Waals surface area contributed by atoms with E-state index in [2.05, 4.69) is 31.3 Å². The SMILES string of the molecule is CC(=O)NCCNC(=O)c1cccc(-n2nc(C(C)(C)C)cc2NC(=O)Nc2ccc(Oc3ccnc(C)c3)cc2F)c1. The van der Waals surface area contributed by atoms with Crippen molar-refractivity contribution in [1.29, 1.82) is 0 Å². The Labute approximate surface area is 248 Å². The van der Waals surface area contributed by atoms with Gasteiger partial charge in [0.15, 0.2) is 0 Å². The summed E-state index contributed by atoms with van der Waals surface area (Å²) in [4.78, 5) is 40.9. The molecule has 0 saturated heterocycles. The summed E-state index contributed by atoms with van der Waals surface area (Å²) in [6.07, 6.45) is 1.60. The molecule has 4 aromatic rings. The number of amides is 4. The molecule has 224 valence electrons. The van der Waals surface area contributed by atoms with E-state index in [1.54, 1.807) is 54.7 Å². The van der Waals surface area contributed by atoms with Crippen LogP contribution in [0.5, 0.6) is 11.5 Å². The number of urea groups is 1. The first-order chi connectivity index (χ1) is 20.4. The number of carbonyl (C=O) groups is 3. The van der Waals surface area contributed by atoms with E-state index in [0.717, 1.165) is 5.69 Å². The number of benzene rings is 2. The molecule has 0 aliphatic carbocycles. The van der Waals surface area contributed by atoms with Crippen LogP contribution in [0.3, 0.4) is 0 Å². The fourth-order valence-electron chi connectivity index (χ4n) is 3.98. The lowest BCUT2D eigenvalue weighted by molar-refractivity contribution is -0.118. The van der Waals surface area contributed by atoms with E-state index >= 15 is 0 Å². The molecule has 11 nitrogen and oxygen atoms in total. The number of rotatable bonds is 9. The largest absolute Gasteiger partial charge is 0.457 e. The topological polar surface area (TPSA) is 139 Å². The van der Waals surface area contributed by atoms with Gasteiger partial charge in [-0.15, -0.1) is 0 Å². The molecule has 0 saturated carbocycles. The third kappa shape index (κ3) is 8.38. The van der Waals surface area contributed by atoms with Gasteiger partial charge >= 0.3 is 6.03 Å². The van der Waals surface area contributed by atoms with E-state index in [1.165, 1.54) is 23.7 Å². The van der Waals surface area contributed by atoms with Gasteiger partial charge in [-0.2, -0.15) is 5.10 Å². The molecule has 0 bridgehead atoms. The van der Waals surface area contributed by atoms with Gasteiger partial charge in [0, 0.05) is 61.1 Å². The van der Waals surface area contributed by atoms with Crippen LogP contribution < -0.4 is 26.0 Å². The number of hydrogen-bond donors (Lipinski definition) is 4. The molecule has 4 N–H and O–H groups in total. The van der Waals surface area contributed by atoms with Gasteiger partial charge in [-0.25, -0.2) is 13.9 Å². The predicted molar refractivity (Wildman–Crippen MR) is 161 cm³/mol. The van der Waals surface area contributed by atoms with Crippen molar-refractivity contribution in [2.24, 2.45) is 0 Å². The Morgan fingerprint density at radius 1 is 0.930 bits per heavy atom. The second-order valence-corrected chi connectivity index (χ2v) is 10.8. The Balaban J connectivity index is 1.50. The molecule has 0 unspecified atom stereocenters. The molecule has 0 aliphatic heterocycles. The lowest BCUT2D eigenvalue weighted by Gasteiger charge is -2.14. The summed E-state index contributed by atoms with van der Waals surface area (Å²) < 4.78 is 22.1. The van der Waals surface area contributed by atoms with Crippen molar-refractivity contribution in [1.82, 2.24) is 25.4 Å². The van der Waals surface area contributed by atoms with Gasteiger partial charge in [-0.05, 0) is 43.3 Å². The average molecular weight is 588 g/mol. The smallest absolute Gasteiger partial charge is 0.324 e. The number of aryl methyl sites for hydroxylation is 1. The maximum Gasteiger partial charge on any atom is 0.324 e.